The van der Waals surface area contributed by atoms with Crippen molar-refractivity contribution in [2.45, 2.75) is 43.9 Å². The normalized spacial score (nSPS) is 18.9. The largest absolute Gasteiger partial charge is 0.310 e. The van der Waals surface area contributed by atoms with Gasteiger partial charge in [-0.2, -0.15) is 0 Å². The van der Waals surface area contributed by atoms with Crippen molar-refractivity contribution in [3.05, 3.63) is 347 Å². The van der Waals surface area contributed by atoms with Gasteiger partial charge in [0.15, 0.2) is 0 Å². The molecule has 0 amide bonds. The first-order valence-corrected chi connectivity index (χ1v) is 29.6. The van der Waals surface area contributed by atoms with Crippen LogP contribution < -0.4 is 9.80 Å². The predicted molar refractivity (Wildman–Crippen MR) is 349 cm³/mol. The van der Waals surface area contributed by atoms with Crippen LogP contribution in [0.1, 0.15) is 69.3 Å². The van der Waals surface area contributed by atoms with Crippen molar-refractivity contribution in [1.29, 1.82) is 0 Å². The lowest BCUT2D eigenvalue weighted by atomic mass is 9.59. The maximum atomic E-state index is 2.50. The van der Waals surface area contributed by atoms with E-state index in [1.807, 2.05) is 0 Å². The number of rotatable bonds is 10. The molecule has 0 spiro atoms. The molecule has 2 heteroatoms. The molecule has 0 radical (unpaired) electrons. The second kappa shape index (κ2) is 19.2. The number of allylic oxidation sites excluding steroid dienone is 8. The Balaban J connectivity index is 0.858. The molecule has 4 aliphatic carbocycles. The molecule has 0 saturated carbocycles. The fraction of sp³-hybridized carbons (Fsp3) is 0.111. The number of aryl methyl sites for hydroxylation is 2. The average Bonchev–Trinajstić information content (AvgIpc) is 2.01. The number of hydrogen-bond acceptors (Lipinski definition) is 2. The van der Waals surface area contributed by atoms with Gasteiger partial charge in [0, 0.05) is 50.8 Å². The standard InChI is InChI=1S/C81H62N2/c1-53-19-17-24-63(51-53)82(61-43-39-59(40-44-61)80(58-22-5-4-6-23-58)72-31-13-8-26-65(72)66-27-9-14-32-73(66)80)76-49-37-56-36-48-70-77(50-38-57-35-47-69(76)78(56)79(57)70)83(64-25-18-20-54(2)52-64)62-45-41-60(42-46-62)81(71-30-12-7-21-55(71)3)74-33-15-10-28-67(74)68-29-11-16-34-75(68)81/h4-20,22-52,55,67,74H,21H2,1-3H3. The average molecular weight is 1060 g/mol. The first kappa shape index (κ1) is 49.1. The van der Waals surface area contributed by atoms with E-state index in [0.29, 0.717) is 11.8 Å². The number of fused-ring (bicyclic) bond motifs is 6. The van der Waals surface area contributed by atoms with E-state index in [1.165, 1.54) is 99.1 Å². The summed E-state index contributed by atoms with van der Waals surface area (Å²) >= 11 is 0. The second-order valence-electron chi connectivity index (χ2n) is 23.6. The molecule has 0 bridgehead atoms. The van der Waals surface area contributed by atoms with Crippen molar-refractivity contribution in [2.75, 3.05) is 9.80 Å². The zero-order chi connectivity index (χ0) is 55.4. The summed E-state index contributed by atoms with van der Waals surface area (Å²) < 4.78 is 0. The lowest BCUT2D eigenvalue weighted by molar-refractivity contribution is 0.408. The van der Waals surface area contributed by atoms with Gasteiger partial charge in [0.05, 0.1) is 16.8 Å². The molecule has 12 aromatic carbocycles. The van der Waals surface area contributed by atoms with Crippen molar-refractivity contribution in [1.82, 2.24) is 0 Å². The summed E-state index contributed by atoms with van der Waals surface area (Å²) in [6.07, 6.45) is 17.6. The Labute approximate surface area is 487 Å². The van der Waals surface area contributed by atoms with E-state index in [0.717, 1.165) is 40.5 Å². The van der Waals surface area contributed by atoms with Gasteiger partial charge >= 0.3 is 0 Å². The van der Waals surface area contributed by atoms with Gasteiger partial charge in [0.2, 0.25) is 0 Å². The molecule has 4 aliphatic rings. The van der Waals surface area contributed by atoms with Gasteiger partial charge in [-0.15, -0.1) is 0 Å². The Morgan fingerprint density at radius 1 is 0.410 bits per heavy atom. The minimum absolute atomic E-state index is 0.271. The molecule has 2 nitrogen and oxygen atoms in total. The zero-order valence-corrected chi connectivity index (χ0v) is 47.0. The van der Waals surface area contributed by atoms with E-state index in [2.05, 4.69) is 322 Å². The highest BCUT2D eigenvalue weighted by Gasteiger charge is 2.54. The molecule has 83 heavy (non-hydrogen) atoms. The highest BCUT2D eigenvalue weighted by molar-refractivity contribution is 6.28. The van der Waals surface area contributed by atoms with Crippen LogP contribution in [-0.2, 0) is 10.8 Å². The number of benzene rings is 12. The summed E-state index contributed by atoms with van der Waals surface area (Å²) in [4.78, 5) is 4.98. The first-order chi connectivity index (χ1) is 40.9. The molecule has 0 heterocycles. The predicted octanol–water partition coefficient (Wildman–Crippen LogP) is 21.2. The summed E-state index contributed by atoms with van der Waals surface area (Å²) in [5.74, 6) is 0.989. The van der Waals surface area contributed by atoms with Crippen LogP contribution in [0.15, 0.2) is 297 Å². The van der Waals surface area contributed by atoms with E-state index in [9.17, 15) is 0 Å². The monoisotopic (exact) mass is 1060 g/mol. The number of anilines is 6. The number of hydrogen-bond donors (Lipinski definition) is 0. The molecule has 0 aromatic heterocycles. The summed E-state index contributed by atoms with van der Waals surface area (Å²) in [7, 11) is 0. The van der Waals surface area contributed by atoms with Crippen LogP contribution in [0.5, 0.6) is 0 Å². The van der Waals surface area contributed by atoms with Crippen molar-refractivity contribution >= 4 is 66.4 Å². The zero-order valence-electron chi connectivity index (χ0n) is 47.0. The van der Waals surface area contributed by atoms with Crippen molar-refractivity contribution < 1.29 is 0 Å². The summed E-state index contributed by atoms with van der Waals surface area (Å²) in [6, 6.07) is 94.3. The van der Waals surface area contributed by atoms with Gasteiger partial charge in [-0.05, 0) is 170 Å². The molecule has 12 aromatic rings. The van der Waals surface area contributed by atoms with Crippen LogP contribution in [-0.4, -0.2) is 0 Å². The second-order valence-corrected chi connectivity index (χ2v) is 23.6. The maximum absolute atomic E-state index is 2.50. The van der Waals surface area contributed by atoms with Crippen LogP contribution in [0.4, 0.5) is 34.1 Å². The van der Waals surface area contributed by atoms with Crippen LogP contribution in [0.3, 0.4) is 0 Å². The fourth-order valence-electron chi connectivity index (χ4n) is 15.8. The molecule has 4 unspecified atom stereocenters. The third-order valence-corrected chi connectivity index (χ3v) is 19.2. The Bertz CT molecular complexity index is 4610. The molecule has 0 N–H and O–H groups in total. The summed E-state index contributed by atoms with van der Waals surface area (Å²) in [6.45, 7) is 6.82. The third kappa shape index (κ3) is 7.28. The number of nitrogens with zero attached hydrogens (tertiary/aromatic N) is 2. The van der Waals surface area contributed by atoms with Gasteiger partial charge in [-0.3, -0.25) is 0 Å². The van der Waals surface area contributed by atoms with Crippen molar-refractivity contribution in [2.24, 2.45) is 11.8 Å². The lowest BCUT2D eigenvalue weighted by Crippen LogP contribution is -2.38. The molecule has 0 saturated heterocycles. The van der Waals surface area contributed by atoms with Crippen LogP contribution >= 0.6 is 0 Å². The quantitative estimate of drug-likeness (QED) is 0.126. The first-order valence-electron chi connectivity index (χ1n) is 29.6. The van der Waals surface area contributed by atoms with Crippen LogP contribution in [0, 0.1) is 25.7 Å². The Morgan fingerprint density at radius 3 is 1.49 bits per heavy atom. The smallest absolute Gasteiger partial charge is 0.0713 e. The molecule has 0 fully saturated rings. The van der Waals surface area contributed by atoms with Crippen LogP contribution in [0.2, 0.25) is 0 Å². The van der Waals surface area contributed by atoms with Gasteiger partial charge in [-0.1, -0.05) is 243 Å². The van der Waals surface area contributed by atoms with Crippen molar-refractivity contribution in [3.63, 3.8) is 0 Å². The van der Waals surface area contributed by atoms with Crippen LogP contribution in [0.25, 0.3) is 43.4 Å². The lowest BCUT2D eigenvalue weighted by Gasteiger charge is -2.43. The molecule has 4 atom stereocenters. The topological polar surface area (TPSA) is 6.48 Å². The highest BCUT2D eigenvalue weighted by atomic mass is 15.1. The maximum Gasteiger partial charge on any atom is 0.0713 e. The highest BCUT2D eigenvalue weighted by Crippen LogP contribution is 2.62. The van der Waals surface area contributed by atoms with E-state index >= 15 is 0 Å². The van der Waals surface area contributed by atoms with Gasteiger partial charge in [-0.25, -0.2) is 0 Å². The minimum atomic E-state index is -0.484. The Morgan fingerprint density at radius 2 is 0.916 bits per heavy atom. The molecular weight excluding hydrogens is 1000 g/mol. The van der Waals surface area contributed by atoms with Gasteiger partial charge < -0.3 is 9.80 Å². The minimum Gasteiger partial charge on any atom is -0.310 e. The van der Waals surface area contributed by atoms with Gasteiger partial charge in [0.1, 0.15) is 0 Å². The molecule has 0 aliphatic heterocycles. The fourth-order valence-corrected chi connectivity index (χ4v) is 15.8. The van der Waals surface area contributed by atoms with Gasteiger partial charge in [0.25, 0.3) is 0 Å². The molecule has 16 rings (SSSR count). The SMILES string of the molecule is Cc1cccc(N(c2ccc(C3(c4ccccc4)c4ccccc4-c4ccccc43)cc2)c2ccc3ccc4c(N(c5ccc(C6(C7=CC=CCC7C)c7ccccc7C7C=CC=CC76)cc5)c5cccc(C)c5)ccc5ccc2c3c54)c1. The third-order valence-electron chi connectivity index (χ3n) is 19.2. The van der Waals surface area contributed by atoms with E-state index in [1.54, 1.807) is 0 Å². The molecule has 396 valence electrons. The summed E-state index contributed by atoms with van der Waals surface area (Å²) in [5.41, 5.74) is 21.9. The Kier molecular flexibility index (Phi) is 11.3. The summed E-state index contributed by atoms with van der Waals surface area (Å²) in [5, 5.41) is 7.42. The van der Waals surface area contributed by atoms with E-state index in [4.69, 9.17) is 0 Å². The van der Waals surface area contributed by atoms with Crippen molar-refractivity contribution in [3.8, 4) is 11.1 Å². The van der Waals surface area contributed by atoms with E-state index < -0.39 is 5.41 Å². The molecular formula is C81H62N2. The Hall–Kier alpha value is -9.76. The van der Waals surface area contributed by atoms with E-state index in [-0.39, 0.29) is 11.3 Å².